The maximum atomic E-state index is 13.2. The van der Waals surface area contributed by atoms with Crippen molar-refractivity contribution in [3.05, 3.63) is 119 Å². The standard InChI is InChI=1S/C35H37N7O/c1-25-4-5-27(19-34(43)28-8-6-26(7-9-28)24-42-16-14-40(2)15-17-42)18-29(25)21-35-37-12-10-32(39-35)30-20-31(23-36-22-30)33-11-13-38-41(33)3/h4-13,18,20,22-23H,14-17,19,21,24H2,1-3H3. The van der Waals surface area contributed by atoms with Gasteiger partial charge in [-0.05, 0) is 54.4 Å². The maximum absolute atomic E-state index is 13.2. The van der Waals surface area contributed by atoms with Crippen molar-refractivity contribution in [1.82, 2.24) is 34.5 Å². The van der Waals surface area contributed by atoms with Crippen LogP contribution in [-0.4, -0.2) is 73.5 Å². The third kappa shape index (κ3) is 6.93. The highest BCUT2D eigenvalue weighted by Gasteiger charge is 2.15. The van der Waals surface area contributed by atoms with Crippen molar-refractivity contribution >= 4 is 5.78 Å². The van der Waals surface area contributed by atoms with Gasteiger partial charge in [-0.2, -0.15) is 5.10 Å². The molecule has 0 radical (unpaired) electrons. The van der Waals surface area contributed by atoms with Gasteiger partial charge in [0.2, 0.25) is 0 Å². The van der Waals surface area contributed by atoms with E-state index in [-0.39, 0.29) is 5.78 Å². The first-order valence-corrected chi connectivity index (χ1v) is 14.8. The monoisotopic (exact) mass is 571 g/mol. The van der Waals surface area contributed by atoms with E-state index in [9.17, 15) is 4.79 Å². The number of carbonyl (C=O) groups excluding carboxylic acids is 1. The third-order valence-electron chi connectivity index (χ3n) is 8.26. The molecule has 8 nitrogen and oxygen atoms in total. The summed E-state index contributed by atoms with van der Waals surface area (Å²) >= 11 is 0. The van der Waals surface area contributed by atoms with Crippen molar-refractivity contribution in [2.75, 3.05) is 33.2 Å². The molecule has 6 rings (SSSR count). The Kier molecular flexibility index (Phi) is 8.49. The van der Waals surface area contributed by atoms with Crippen molar-refractivity contribution in [3.8, 4) is 22.5 Å². The second-order valence-corrected chi connectivity index (χ2v) is 11.5. The molecule has 1 aliphatic rings. The molecular formula is C35H37N7O. The van der Waals surface area contributed by atoms with Gasteiger partial charge in [0.05, 0.1) is 11.4 Å². The number of Topliss-reactive ketones (excluding diaryl/α,β-unsaturated/α-hetero) is 1. The minimum Gasteiger partial charge on any atom is -0.304 e. The first-order valence-electron chi connectivity index (χ1n) is 14.8. The number of hydrogen-bond donors (Lipinski definition) is 0. The molecule has 4 heterocycles. The smallest absolute Gasteiger partial charge is 0.167 e. The van der Waals surface area contributed by atoms with E-state index < -0.39 is 0 Å². The van der Waals surface area contributed by atoms with Gasteiger partial charge in [-0.25, -0.2) is 9.97 Å². The average molecular weight is 572 g/mol. The summed E-state index contributed by atoms with van der Waals surface area (Å²) in [5.74, 6) is 0.853. The van der Waals surface area contributed by atoms with Crippen molar-refractivity contribution in [1.29, 1.82) is 0 Å². The molecule has 1 fully saturated rings. The van der Waals surface area contributed by atoms with E-state index in [2.05, 4.69) is 69.2 Å². The van der Waals surface area contributed by atoms with Gasteiger partial charge in [0, 0.05) is 94.1 Å². The van der Waals surface area contributed by atoms with Crippen LogP contribution in [0.25, 0.3) is 22.5 Å². The summed E-state index contributed by atoms with van der Waals surface area (Å²) in [5, 5.41) is 4.27. The largest absolute Gasteiger partial charge is 0.304 e. The number of likely N-dealkylation sites (N-methyl/N-ethyl adjacent to an activating group) is 1. The third-order valence-corrected chi connectivity index (χ3v) is 8.26. The molecule has 0 amide bonds. The zero-order valence-electron chi connectivity index (χ0n) is 25.1. The molecule has 8 heteroatoms. The van der Waals surface area contributed by atoms with Gasteiger partial charge in [0.1, 0.15) is 5.82 Å². The minimum atomic E-state index is 0.125. The molecule has 1 saturated heterocycles. The fraction of sp³-hybridized carbons (Fsp3) is 0.286. The van der Waals surface area contributed by atoms with Gasteiger partial charge < -0.3 is 4.90 Å². The van der Waals surface area contributed by atoms with Gasteiger partial charge in [0.25, 0.3) is 0 Å². The molecule has 2 aromatic carbocycles. The van der Waals surface area contributed by atoms with Crippen LogP contribution in [0.2, 0.25) is 0 Å². The molecule has 3 aromatic heterocycles. The second kappa shape index (κ2) is 12.8. The SMILES string of the molecule is Cc1ccc(CC(=O)c2ccc(CN3CCN(C)CC3)cc2)cc1Cc1nccc(-c2cncc(-c3ccnn3C)c2)n1. The van der Waals surface area contributed by atoms with Crippen molar-refractivity contribution < 1.29 is 4.79 Å². The van der Waals surface area contributed by atoms with Gasteiger partial charge >= 0.3 is 0 Å². The number of benzene rings is 2. The Labute approximate surface area is 253 Å². The van der Waals surface area contributed by atoms with E-state index in [0.717, 1.165) is 83.3 Å². The number of hydrogen-bond acceptors (Lipinski definition) is 7. The number of aryl methyl sites for hydroxylation is 2. The van der Waals surface area contributed by atoms with Gasteiger partial charge in [0.15, 0.2) is 5.78 Å². The van der Waals surface area contributed by atoms with Crippen LogP contribution in [0.5, 0.6) is 0 Å². The second-order valence-electron chi connectivity index (χ2n) is 11.5. The van der Waals surface area contributed by atoms with Crippen LogP contribution in [-0.2, 0) is 26.4 Å². The molecule has 218 valence electrons. The Balaban J connectivity index is 1.13. The first-order chi connectivity index (χ1) is 20.9. The summed E-state index contributed by atoms with van der Waals surface area (Å²) in [6, 6.07) is 20.3. The van der Waals surface area contributed by atoms with Crippen LogP contribution in [0.15, 0.2) is 85.5 Å². The Bertz CT molecular complexity index is 1720. The quantitative estimate of drug-likeness (QED) is 0.230. The fourth-order valence-corrected chi connectivity index (χ4v) is 5.57. The normalized spacial score (nSPS) is 14.2. The van der Waals surface area contributed by atoms with Crippen LogP contribution in [0.4, 0.5) is 0 Å². The number of pyridine rings is 1. The summed E-state index contributed by atoms with van der Waals surface area (Å²) in [6.07, 6.45) is 8.17. The zero-order valence-corrected chi connectivity index (χ0v) is 25.1. The zero-order chi connectivity index (χ0) is 29.8. The summed E-state index contributed by atoms with van der Waals surface area (Å²) < 4.78 is 1.83. The van der Waals surface area contributed by atoms with Crippen molar-refractivity contribution in [2.24, 2.45) is 7.05 Å². The molecule has 0 saturated carbocycles. The lowest BCUT2D eigenvalue weighted by atomic mass is 9.97. The van der Waals surface area contributed by atoms with Crippen LogP contribution in [0.3, 0.4) is 0 Å². The molecule has 0 N–H and O–H groups in total. The Hall–Kier alpha value is -4.53. The van der Waals surface area contributed by atoms with Crippen molar-refractivity contribution in [3.63, 3.8) is 0 Å². The lowest BCUT2D eigenvalue weighted by Gasteiger charge is -2.32. The fourth-order valence-electron chi connectivity index (χ4n) is 5.57. The highest BCUT2D eigenvalue weighted by molar-refractivity contribution is 5.97. The highest BCUT2D eigenvalue weighted by atomic mass is 16.1. The molecule has 0 atom stereocenters. The average Bonchev–Trinajstić information content (AvgIpc) is 3.46. The van der Waals surface area contributed by atoms with E-state index in [1.807, 2.05) is 54.5 Å². The van der Waals surface area contributed by atoms with Gasteiger partial charge in [-0.1, -0.05) is 42.5 Å². The number of rotatable bonds is 9. The summed E-state index contributed by atoms with van der Waals surface area (Å²) in [5.41, 5.74) is 8.99. The number of nitrogens with zero attached hydrogens (tertiary/aromatic N) is 7. The molecule has 0 unspecified atom stereocenters. The summed E-state index contributed by atoms with van der Waals surface area (Å²) in [6.45, 7) is 7.39. The number of aromatic nitrogens is 5. The Morgan fingerprint density at radius 2 is 1.60 bits per heavy atom. The molecule has 5 aromatic rings. The highest BCUT2D eigenvalue weighted by Crippen LogP contribution is 2.24. The summed E-state index contributed by atoms with van der Waals surface area (Å²) in [7, 11) is 4.09. The van der Waals surface area contributed by atoms with E-state index in [1.165, 1.54) is 5.56 Å². The van der Waals surface area contributed by atoms with Gasteiger partial charge in [-0.15, -0.1) is 0 Å². The van der Waals surface area contributed by atoms with Crippen molar-refractivity contribution in [2.45, 2.75) is 26.3 Å². The Morgan fingerprint density at radius 1 is 0.837 bits per heavy atom. The predicted octanol–water partition coefficient (Wildman–Crippen LogP) is 5.01. The molecule has 43 heavy (non-hydrogen) atoms. The van der Waals surface area contributed by atoms with E-state index in [1.54, 1.807) is 12.4 Å². The van der Waals surface area contributed by atoms with E-state index in [4.69, 9.17) is 4.98 Å². The molecular weight excluding hydrogens is 534 g/mol. The first kappa shape index (κ1) is 28.6. The maximum Gasteiger partial charge on any atom is 0.167 e. The van der Waals surface area contributed by atoms with E-state index >= 15 is 0 Å². The number of piperazine rings is 1. The number of carbonyl (C=O) groups is 1. The van der Waals surface area contributed by atoms with Crippen LogP contribution in [0, 0.1) is 6.92 Å². The van der Waals surface area contributed by atoms with E-state index in [0.29, 0.717) is 12.8 Å². The van der Waals surface area contributed by atoms with Crippen LogP contribution >= 0.6 is 0 Å². The molecule has 0 bridgehead atoms. The lowest BCUT2D eigenvalue weighted by Crippen LogP contribution is -2.43. The lowest BCUT2D eigenvalue weighted by molar-refractivity contribution is 0.0993. The van der Waals surface area contributed by atoms with Crippen LogP contribution in [0.1, 0.15) is 38.4 Å². The summed E-state index contributed by atoms with van der Waals surface area (Å²) in [4.78, 5) is 31.9. The number of ketones is 1. The Morgan fingerprint density at radius 3 is 2.37 bits per heavy atom. The minimum absolute atomic E-state index is 0.125. The molecule has 0 spiro atoms. The predicted molar refractivity (Wildman–Crippen MR) is 169 cm³/mol. The van der Waals surface area contributed by atoms with Crippen LogP contribution < -0.4 is 0 Å². The molecule has 1 aliphatic heterocycles. The van der Waals surface area contributed by atoms with Gasteiger partial charge in [-0.3, -0.25) is 19.4 Å². The molecule has 0 aliphatic carbocycles. The topological polar surface area (TPSA) is 80.0 Å².